The van der Waals surface area contributed by atoms with Crippen molar-refractivity contribution in [3.05, 3.63) is 94.3 Å². The van der Waals surface area contributed by atoms with Crippen LogP contribution in [0.2, 0.25) is 0 Å². The number of carbonyl (C=O) groups is 5. The number of likely N-dealkylation sites (N-methyl/N-ethyl adjacent to an activating group) is 1. The van der Waals surface area contributed by atoms with Crippen LogP contribution >= 0.6 is 0 Å². The monoisotopic (exact) mass is 791 g/mol. The van der Waals surface area contributed by atoms with Crippen molar-refractivity contribution in [1.29, 1.82) is 0 Å². The molecule has 5 amide bonds. The molecule has 1 N–H and O–H groups in total. The molecule has 0 aliphatic carbocycles. The number of benzene rings is 3. The van der Waals surface area contributed by atoms with Crippen LogP contribution in [0.1, 0.15) is 81.8 Å². The molecule has 5 aliphatic heterocycles. The number of hydrogen-bond acceptors (Lipinski definition) is 9. The smallest absolute Gasteiger partial charge is 0.264 e. The molecule has 5 aliphatic rings. The first-order chi connectivity index (χ1) is 28.0. The van der Waals surface area contributed by atoms with E-state index in [2.05, 4.69) is 63.3 Å². The summed E-state index contributed by atoms with van der Waals surface area (Å²) in [6.45, 7) is 8.71. The highest BCUT2D eigenvalue weighted by Gasteiger charge is 2.46. The maximum absolute atomic E-state index is 14.7. The molecule has 4 saturated heterocycles. The highest BCUT2D eigenvalue weighted by atomic mass is 19.1. The highest BCUT2D eigenvalue weighted by Crippen LogP contribution is 2.37. The van der Waals surface area contributed by atoms with Gasteiger partial charge in [-0.2, -0.15) is 0 Å². The largest absolute Gasteiger partial charge is 0.371 e. The van der Waals surface area contributed by atoms with Gasteiger partial charge >= 0.3 is 0 Å². The quantitative estimate of drug-likeness (QED) is 0.299. The van der Waals surface area contributed by atoms with E-state index in [9.17, 15) is 28.4 Å². The van der Waals surface area contributed by atoms with Crippen LogP contribution in [0.5, 0.6) is 0 Å². The summed E-state index contributed by atoms with van der Waals surface area (Å²) in [6.07, 6.45) is 3.28. The van der Waals surface area contributed by atoms with Crippen molar-refractivity contribution in [1.82, 2.24) is 24.9 Å². The Bertz CT molecular complexity index is 2060. The van der Waals surface area contributed by atoms with Gasteiger partial charge in [0.2, 0.25) is 17.7 Å². The van der Waals surface area contributed by atoms with Gasteiger partial charge in [-0.05, 0) is 94.1 Å². The number of halogens is 1. The van der Waals surface area contributed by atoms with Gasteiger partial charge in [0.25, 0.3) is 11.8 Å². The summed E-state index contributed by atoms with van der Waals surface area (Å²) < 4.78 is 14.7. The van der Waals surface area contributed by atoms with Crippen LogP contribution in [0, 0.1) is 18.7 Å². The fourth-order valence-corrected chi connectivity index (χ4v) is 9.79. The molecule has 3 atom stereocenters. The van der Waals surface area contributed by atoms with Crippen molar-refractivity contribution in [2.45, 2.75) is 70.0 Å². The van der Waals surface area contributed by atoms with Gasteiger partial charge in [-0.25, -0.2) is 4.39 Å². The fourth-order valence-electron chi connectivity index (χ4n) is 9.79. The number of imide groups is 2. The van der Waals surface area contributed by atoms with Gasteiger partial charge in [-0.3, -0.25) is 39.1 Å². The number of aryl methyl sites for hydroxylation is 1. The van der Waals surface area contributed by atoms with E-state index in [1.165, 1.54) is 11.3 Å². The summed E-state index contributed by atoms with van der Waals surface area (Å²) in [6, 6.07) is 18.8. The van der Waals surface area contributed by atoms with E-state index in [4.69, 9.17) is 0 Å². The van der Waals surface area contributed by atoms with E-state index in [1.807, 2.05) is 24.0 Å². The Hall–Kier alpha value is -5.14. The average molecular weight is 792 g/mol. The Kier molecular flexibility index (Phi) is 11.4. The minimum absolute atomic E-state index is 0.0813. The van der Waals surface area contributed by atoms with Crippen molar-refractivity contribution >= 4 is 40.9 Å². The first-order valence-electron chi connectivity index (χ1n) is 20.8. The molecule has 8 rings (SSSR count). The van der Waals surface area contributed by atoms with Crippen molar-refractivity contribution in [2.75, 3.05) is 76.3 Å². The summed E-state index contributed by atoms with van der Waals surface area (Å²) >= 11 is 0. The lowest BCUT2D eigenvalue weighted by Gasteiger charge is -2.37. The summed E-state index contributed by atoms with van der Waals surface area (Å²) in [5.41, 5.74) is 5.55. The number of piperidine rings is 2. The van der Waals surface area contributed by atoms with Gasteiger partial charge in [-0.1, -0.05) is 30.3 Å². The molecule has 4 fully saturated rings. The molecule has 306 valence electrons. The highest BCUT2D eigenvalue weighted by molar-refractivity contribution is 6.25. The summed E-state index contributed by atoms with van der Waals surface area (Å²) in [5.74, 6) is -1.23. The lowest BCUT2D eigenvalue weighted by atomic mass is 9.91. The van der Waals surface area contributed by atoms with Crippen LogP contribution in [-0.4, -0.2) is 128 Å². The SMILES string of the molecule is Cc1cccc(F)c1CN1C[C@H](c2ccc(N3CCN(C(=O)CCC4CCN(c5cccc6c5C(=O)N(C5CCC(=O)NC5=O)C6=O)CC4)CC3)cc2)[C@@H](N(C)C)C1. The molecule has 3 aromatic rings. The summed E-state index contributed by atoms with van der Waals surface area (Å²) in [4.78, 5) is 76.7. The maximum Gasteiger partial charge on any atom is 0.264 e. The lowest BCUT2D eigenvalue weighted by Crippen LogP contribution is -2.54. The van der Waals surface area contributed by atoms with Gasteiger partial charge in [0.1, 0.15) is 11.9 Å². The molecular weight excluding hydrogens is 738 g/mol. The van der Waals surface area contributed by atoms with Gasteiger partial charge in [0.15, 0.2) is 0 Å². The lowest BCUT2D eigenvalue weighted by molar-refractivity contribution is -0.136. The van der Waals surface area contributed by atoms with Crippen LogP contribution in [0.3, 0.4) is 0 Å². The maximum atomic E-state index is 14.7. The Balaban J connectivity index is 0.798. The number of likely N-dealkylation sites (tertiary alicyclic amines) is 1. The molecule has 0 saturated carbocycles. The van der Waals surface area contributed by atoms with E-state index in [0.29, 0.717) is 73.8 Å². The second kappa shape index (κ2) is 16.6. The number of nitrogens with one attached hydrogen (secondary N) is 1. The Labute approximate surface area is 339 Å². The van der Waals surface area contributed by atoms with Gasteiger partial charge < -0.3 is 19.6 Å². The number of rotatable bonds is 10. The van der Waals surface area contributed by atoms with Crippen LogP contribution in [0.4, 0.5) is 15.8 Å². The number of nitrogens with zero attached hydrogens (tertiary/aromatic N) is 6. The number of anilines is 2. The number of piperazine rings is 1. The fraction of sp³-hybridized carbons (Fsp3) is 0.489. The zero-order valence-corrected chi connectivity index (χ0v) is 33.8. The molecule has 1 unspecified atom stereocenters. The Morgan fingerprint density at radius 3 is 2.24 bits per heavy atom. The first-order valence-corrected chi connectivity index (χ1v) is 20.8. The number of fused-ring (bicyclic) bond motifs is 1. The summed E-state index contributed by atoms with van der Waals surface area (Å²) in [5, 5.41) is 2.25. The van der Waals surface area contributed by atoms with Crippen molar-refractivity contribution in [3.8, 4) is 0 Å². The van der Waals surface area contributed by atoms with Gasteiger partial charge in [0, 0.05) is 95.0 Å². The molecule has 0 bridgehead atoms. The van der Waals surface area contributed by atoms with E-state index in [-0.39, 0.29) is 24.6 Å². The Morgan fingerprint density at radius 1 is 0.828 bits per heavy atom. The molecular formula is C45H54FN7O5. The van der Waals surface area contributed by atoms with E-state index in [1.54, 1.807) is 24.3 Å². The van der Waals surface area contributed by atoms with Crippen LogP contribution in [-0.2, 0) is 20.9 Å². The third kappa shape index (κ3) is 7.86. The zero-order valence-electron chi connectivity index (χ0n) is 33.8. The molecule has 58 heavy (non-hydrogen) atoms. The van der Waals surface area contributed by atoms with E-state index < -0.39 is 29.7 Å². The van der Waals surface area contributed by atoms with Crippen LogP contribution in [0.15, 0.2) is 60.7 Å². The minimum Gasteiger partial charge on any atom is -0.371 e. The average Bonchev–Trinajstić information content (AvgIpc) is 3.77. The number of carbonyl (C=O) groups excluding carboxylic acids is 5. The van der Waals surface area contributed by atoms with Crippen molar-refractivity contribution in [2.24, 2.45) is 5.92 Å². The van der Waals surface area contributed by atoms with Crippen LogP contribution in [0.25, 0.3) is 0 Å². The first kappa shape index (κ1) is 39.7. The molecule has 0 radical (unpaired) electrons. The third-order valence-electron chi connectivity index (χ3n) is 13.2. The molecule has 12 nitrogen and oxygen atoms in total. The van der Waals surface area contributed by atoms with Crippen molar-refractivity contribution < 1.29 is 28.4 Å². The van der Waals surface area contributed by atoms with Gasteiger partial charge in [0.05, 0.1) is 16.8 Å². The normalized spacial score (nSPS) is 23.3. The Morgan fingerprint density at radius 2 is 1.55 bits per heavy atom. The second-order valence-corrected chi connectivity index (χ2v) is 16.9. The zero-order chi connectivity index (χ0) is 40.7. The predicted octanol–water partition coefficient (Wildman–Crippen LogP) is 4.41. The number of hydrogen-bond donors (Lipinski definition) is 1. The molecule has 0 aromatic heterocycles. The topological polar surface area (TPSA) is 117 Å². The molecule has 13 heteroatoms. The summed E-state index contributed by atoms with van der Waals surface area (Å²) in [7, 11) is 4.25. The van der Waals surface area contributed by atoms with Crippen LogP contribution < -0.4 is 15.1 Å². The third-order valence-corrected chi connectivity index (χ3v) is 13.2. The van der Waals surface area contributed by atoms with Gasteiger partial charge in [-0.15, -0.1) is 0 Å². The molecule has 5 heterocycles. The second-order valence-electron chi connectivity index (χ2n) is 16.9. The standard InChI is InChI=1S/C45H54FN7O5/c1-29-6-4-8-36(46)34(29)26-49-27-35(39(28-49)48(2)3)31-11-13-32(14-12-31)50-22-24-52(25-23-50)41(55)17-10-30-18-20-51(21-19-30)37-9-5-7-33-42(37)45(58)53(44(33)57)38-15-16-40(54)47-43(38)56/h4-9,11-14,30,35,38-39H,10,15-28H2,1-3H3,(H,47,54,56)/t35-,38?,39+/m1/s1. The van der Waals surface area contributed by atoms with E-state index in [0.717, 1.165) is 61.5 Å². The molecule has 0 spiro atoms. The number of amides is 5. The van der Waals surface area contributed by atoms with Crippen molar-refractivity contribution in [3.63, 3.8) is 0 Å². The predicted molar refractivity (Wildman–Crippen MR) is 219 cm³/mol. The molecule has 3 aromatic carbocycles. The minimum atomic E-state index is -0.994. The van der Waals surface area contributed by atoms with E-state index >= 15 is 0 Å².